The number of benzene rings is 3. The van der Waals surface area contributed by atoms with Crippen molar-refractivity contribution in [2.24, 2.45) is 0 Å². The normalized spacial score (nSPS) is 11.3. The summed E-state index contributed by atoms with van der Waals surface area (Å²) in [5.74, 6) is 1.23. The molecule has 3 aromatic rings. The third kappa shape index (κ3) is 9.77. The van der Waals surface area contributed by atoms with Gasteiger partial charge in [-0.25, -0.2) is 9.59 Å². The molecule has 39 heavy (non-hydrogen) atoms. The molecule has 10 heteroatoms. The molecular weight excluding hydrogens is 502 g/mol. The van der Waals surface area contributed by atoms with E-state index in [0.29, 0.717) is 17.2 Å². The van der Waals surface area contributed by atoms with Gasteiger partial charge in [0.2, 0.25) is 5.91 Å². The smallest absolute Gasteiger partial charge is 0.412 e. The molecule has 1 atom stereocenters. The van der Waals surface area contributed by atoms with Crippen LogP contribution in [0.3, 0.4) is 0 Å². The highest BCUT2D eigenvalue weighted by Crippen LogP contribution is 2.24. The van der Waals surface area contributed by atoms with Crippen molar-refractivity contribution in [2.45, 2.75) is 12.5 Å². The zero-order valence-corrected chi connectivity index (χ0v) is 21.7. The Kier molecular flexibility index (Phi) is 10.8. The number of ether oxygens (including phenoxy) is 3. The molecule has 0 saturated heterocycles. The maximum absolute atomic E-state index is 12.5. The average Bonchev–Trinajstić information content (AvgIpc) is 2.94. The van der Waals surface area contributed by atoms with Gasteiger partial charge in [-0.1, -0.05) is 54.6 Å². The minimum Gasteiger partial charge on any atom is -0.497 e. The second-order valence-corrected chi connectivity index (χ2v) is 8.35. The molecule has 10 nitrogen and oxygen atoms in total. The minimum absolute atomic E-state index is 0.0965. The van der Waals surface area contributed by atoms with Crippen molar-refractivity contribution in [3.05, 3.63) is 89.5 Å². The van der Waals surface area contributed by atoms with Gasteiger partial charge in [0.1, 0.15) is 23.3 Å². The van der Waals surface area contributed by atoms with Crippen molar-refractivity contribution in [1.82, 2.24) is 16.0 Å². The summed E-state index contributed by atoms with van der Waals surface area (Å²) in [5, 5.41) is 16.4. The van der Waals surface area contributed by atoms with E-state index in [1.54, 1.807) is 44.6 Å². The number of hydrogen-bond donors (Lipinski definition) is 4. The number of methoxy groups -OCH3 is 2. The predicted octanol–water partition coefficient (Wildman–Crippen LogP) is 3.96. The molecule has 0 aliphatic rings. The molecule has 0 bridgehead atoms. The summed E-state index contributed by atoms with van der Waals surface area (Å²) in [5.41, 5.74) is 2.62. The van der Waals surface area contributed by atoms with E-state index >= 15 is 0 Å². The standard InChI is InChI=1S/C29H31N3O7/c1-37-24-16-22(17-25(19-24)38-2)9-8-20-10-12-23(13-11-20)39-29(36)31-15-14-30-27(33)26(32-28(34)35)18-21-6-4-3-5-7-21/h3-13,16-17,19,26,32H,14-15,18H2,1-2H3,(H,30,33)(H,31,36)(H,34,35). The van der Waals surface area contributed by atoms with Crippen LogP contribution < -0.4 is 30.2 Å². The van der Waals surface area contributed by atoms with Crippen LogP contribution in [0.2, 0.25) is 0 Å². The Morgan fingerprint density at radius 1 is 0.795 bits per heavy atom. The molecule has 4 N–H and O–H groups in total. The lowest BCUT2D eigenvalue weighted by molar-refractivity contribution is -0.123. The van der Waals surface area contributed by atoms with Crippen molar-refractivity contribution in [3.63, 3.8) is 0 Å². The van der Waals surface area contributed by atoms with Crippen LogP contribution in [-0.2, 0) is 11.2 Å². The Hall–Kier alpha value is -4.99. The van der Waals surface area contributed by atoms with Gasteiger partial charge in [-0.3, -0.25) is 4.79 Å². The number of carbonyl (C=O) groups is 3. The lowest BCUT2D eigenvalue weighted by atomic mass is 10.1. The van der Waals surface area contributed by atoms with Gasteiger partial charge in [-0.15, -0.1) is 0 Å². The first-order valence-electron chi connectivity index (χ1n) is 12.1. The zero-order valence-electron chi connectivity index (χ0n) is 21.7. The molecule has 0 spiro atoms. The molecule has 3 rings (SSSR count). The van der Waals surface area contributed by atoms with E-state index in [4.69, 9.17) is 19.3 Å². The number of amides is 3. The van der Waals surface area contributed by atoms with Crippen LogP contribution in [0.5, 0.6) is 17.2 Å². The summed E-state index contributed by atoms with van der Waals surface area (Å²) in [7, 11) is 3.19. The first-order valence-corrected chi connectivity index (χ1v) is 12.1. The zero-order chi connectivity index (χ0) is 28.0. The molecule has 0 aliphatic carbocycles. The Morgan fingerprint density at radius 3 is 2.03 bits per heavy atom. The maximum Gasteiger partial charge on any atom is 0.412 e. The van der Waals surface area contributed by atoms with Crippen LogP contribution in [-0.4, -0.2) is 56.6 Å². The van der Waals surface area contributed by atoms with E-state index in [-0.39, 0.29) is 19.5 Å². The Balaban J connectivity index is 1.44. The lowest BCUT2D eigenvalue weighted by Crippen LogP contribution is -2.49. The summed E-state index contributed by atoms with van der Waals surface area (Å²) < 4.78 is 15.8. The number of rotatable bonds is 12. The maximum atomic E-state index is 12.5. The van der Waals surface area contributed by atoms with Gasteiger partial charge in [0.05, 0.1) is 14.2 Å². The molecule has 0 aromatic heterocycles. The van der Waals surface area contributed by atoms with E-state index in [0.717, 1.165) is 16.7 Å². The first kappa shape index (κ1) is 28.6. The van der Waals surface area contributed by atoms with E-state index in [9.17, 15) is 14.4 Å². The van der Waals surface area contributed by atoms with Gasteiger partial charge in [0.15, 0.2) is 0 Å². The topological polar surface area (TPSA) is 135 Å². The van der Waals surface area contributed by atoms with Gasteiger partial charge in [-0.05, 0) is 41.0 Å². The third-order valence-corrected chi connectivity index (χ3v) is 5.52. The molecular formula is C29H31N3O7. The Morgan fingerprint density at radius 2 is 1.41 bits per heavy atom. The van der Waals surface area contributed by atoms with Crippen molar-refractivity contribution in [2.75, 3.05) is 27.3 Å². The van der Waals surface area contributed by atoms with Gasteiger partial charge in [0.25, 0.3) is 0 Å². The number of hydrogen-bond acceptors (Lipinski definition) is 6. The van der Waals surface area contributed by atoms with Gasteiger partial charge >= 0.3 is 12.2 Å². The Bertz CT molecular complexity index is 1260. The minimum atomic E-state index is -1.30. The lowest BCUT2D eigenvalue weighted by Gasteiger charge is -2.17. The fourth-order valence-corrected chi connectivity index (χ4v) is 3.59. The van der Waals surface area contributed by atoms with Crippen molar-refractivity contribution >= 4 is 30.2 Å². The summed E-state index contributed by atoms with van der Waals surface area (Å²) in [6.07, 6.45) is 2.05. The van der Waals surface area contributed by atoms with Gasteiger partial charge in [0, 0.05) is 25.6 Å². The summed E-state index contributed by atoms with van der Waals surface area (Å²) in [4.78, 5) is 35.7. The number of nitrogens with one attached hydrogen (secondary N) is 3. The second kappa shape index (κ2) is 14.7. The van der Waals surface area contributed by atoms with Crippen molar-refractivity contribution in [1.29, 1.82) is 0 Å². The first-order chi connectivity index (χ1) is 18.9. The van der Waals surface area contributed by atoms with Crippen LogP contribution in [0.25, 0.3) is 12.2 Å². The molecule has 0 radical (unpaired) electrons. The molecule has 204 valence electrons. The number of carbonyl (C=O) groups excluding carboxylic acids is 2. The van der Waals surface area contributed by atoms with E-state index in [1.807, 2.05) is 54.6 Å². The predicted molar refractivity (Wildman–Crippen MR) is 147 cm³/mol. The molecule has 0 heterocycles. The molecule has 1 unspecified atom stereocenters. The fourth-order valence-electron chi connectivity index (χ4n) is 3.59. The molecule has 0 aliphatic heterocycles. The highest BCUT2D eigenvalue weighted by Gasteiger charge is 2.20. The summed E-state index contributed by atoms with van der Waals surface area (Å²) in [6.45, 7) is 0.194. The monoisotopic (exact) mass is 533 g/mol. The van der Waals surface area contributed by atoms with Crippen molar-refractivity contribution < 1.29 is 33.7 Å². The summed E-state index contributed by atoms with van der Waals surface area (Å²) >= 11 is 0. The van der Waals surface area contributed by atoms with Gasteiger partial charge < -0.3 is 35.3 Å². The van der Waals surface area contributed by atoms with Crippen LogP contribution in [0.1, 0.15) is 16.7 Å². The van der Waals surface area contributed by atoms with Crippen LogP contribution >= 0.6 is 0 Å². The molecule has 0 saturated carbocycles. The average molecular weight is 534 g/mol. The van der Waals surface area contributed by atoms with Crippen LogP contribution in [0.4, 0.5) is 9.59 Å². The Labute approximate surface area is 226 Å². The van der Waals surface area contributed by atoms with Crippen LogP contribution in [0, 0.1) is 0 Å². The molecule has 3 aromatic carbocycles. The second-order valence-electron chi connectivity index (χ2n) is 8.35. The largest absolute Gasteiger partial charge is 0.497 e. The quantitative estimate of drug-likeness (QED) is 0.204. The highest BCUT2D eigenvalue weighted by atomic mass is 16.6. The van der Waals surface area contributed by atoms with Crippen LogP contribution in [0.15, 0.2) is 72.8 Å². The summed E-state index contributed by atoms with van der Waals surface area (Å²) in [6, 6.07) is 20.6. The van der Waals surface area contributed by atoms with E-state index in [1.165, 1.54) is 0 Å². The van der Waals surface area contributed by atoms with Gasteiger partial charge in [-0.2, -0.15) is 0 Å². The van der Waals surface area contributed by atoms with E-state index in [2.05, 4.69) is 16.0 Å². The number of carboxylic acid groups (broad SMARTS) is 1. The fraction of sp³-hybridized carbons (Fsp3) is 0.207. The van der Waals surface area contributed by atoms with Crippen molar-refractivity contribution in [3.8, 4) is 17.2 Å². The molecule has 0 fully saturated rings. The molecule has 3 amide bonds. The highest BCUT2D eigenvalue weighted by molar-refractivity contribution is 5.85. The van der Waals surface area contributed by atoms with E-state index < -0.39 is 24.1 Å². The third-order valence-electron chi connectivity index (χ3n) is 5.52. The SMILES string of the molecule is COc1cc(C=Cc2ccc(OC(=O)NCCNC(=O)C(Cc3ccccc3)NC(=O)O)cc2)cc(OC)c1.